The molecule has 1 aliphatic heterocycles. The number of rotatable bonds is 4. The molecule has 0 bridgehead atoms. The summed E-state index contributed by atoms with van der Waals surface area (Å²) in [5, 5.41) is 5.52. The summed E-state index contributed by atoms with van der Waals surface area (Å²) in [4.78, 5) is 11.5. The van der Waals surface area contributed by atoms with Crippen molar-refractivity contribution in [1.29, 1.82) is 0 Å². The van der Waals surface area contributed by atoms with Crippen molar-refractivity contribution in [3.63, 3.8) is 0 Å². The summed E-state index contributed by atoms with van der Waals surface area (Å²) < 4.78 is 48.5. The molecule has 1 heterocycles. The van der Waals surface area contributed by atoms with Gasteiger partial charge in [-0.2, -0.15) is 8.78 Å². The molecule has 0 spiro atoms. The first kappa shape index (κ1) is 15.8. The lowest BCUT2D eigenvalue weighted by atomic mass is 9.99. The van der Waals surface area contributed by atoms with Crippen LogP contribution in [-0.4, -0.2) is 33.2 Å². The molecule has 21 heavy (non-hydrogen) atoms. The number of halogens is 2. The second kappa shape index (κ2) is 6.48. The molecule has 2 rings (SSSR count). The van der Waals surface area contributed by atoms with Crippen LogP contribution in [0.25, 0.3) is 0 Å². The van der Waals surface area contributed by atoms with E-state index in [-0.39, 0.29) is 17.5 Å². The molecule has 1 aromatic carbocycles. The van der Waals surface area contributed by atoms with E-state index < -0.39 is 20.5 Å². The Morgan fingerprint density at radius 1 is 1.33 bits per heavy atom. The minimum absolute atomic E-state index is 0.103. The third-order valence-electron chi connectivity index (χ3n) is 3.35. The van der Waals surface area contributed by atoms with Crippen molar-refractivity contribution in [1.82, 2.24) is 5.32 Å². The molecule has 1 saturated heterocycles. The maximum absolute atomic E-state index is 12.7. The molecule has 0 unspecified atom stereocenters. The summed E-state index contributed by atoms with van der Waals surface area (Å²) in [7, 11) is -4.75. The van der Waals surface area contributed by atoms with E-state index in [0.717, 1.165) is 19.0 Å². The van der Waals surface area contributed by atoms with E-state index in [2.05, 4.69) is 10.6 Å². The van der Waals surface area contributed by atoms with Crippen LogP contribution >= 0.6 is 0 Å². The molecular weight excluding hydrogens is 302 g/mol. The number of carbonyl (C=O) groups excluding carboxylic acids is 1. The number of alkyl halides is 2. The van der Waals surface area contributed by atoms with Crippen molar-refractivity contribution >= 4 is 21.4 Å². The predicted molar refractivity (Wildman–Crippen MR) is 73.9 cm³/mol. The topological polar surface area (TPSA) is 75.3 Å². The van der Waals surface area contributed by atoms with Crippen LogP contribution < -0.4 is 10.6 Å². The van der Waals surface area contributed by atoms with Gasteiger partial charge in [-0.1, -0.05) is 12.1 Å². The molecule has 1 aromatic rings. The lowest BCUT2D eigenvalue weighted by Gasteiger charge is -2.22. The molecule has 8 heteroatoms. The van der Waals surface area contributed by atoms with Crippen molar-refractivity contribution < 1.29 is 22.0 Å². The van der Waals surface area contributed by atoms with Crippen molar-refractivity contribution in [2.24, 2.45) is 5.92 Å². The first-order valence-electron chi connectivity index (χ1n) is 6.55. The Labute approximate surface area is 121 Å². The monoisotopic (exact) mass is 318 g/mol. The Hall–Kier alpha value is -1.54. The molecule has 1 aliphatic rings. The molecule has 1 atom stereocenters. The van der Waals surface area contributed by atoms with E-state index >= 15 is 0 Å². The van der Waals surface area contributed by atoms with E-state index in [9.17, 15) is 22.0 Å². The van der Waals surface area contributed by atoms with Gasteiger partial charge in [-0.15, -0.1) is 0 Å². The van der Waals surface area contributed by atoms with Crippen molar-refractivity contribution in [2.45, 2.75) is 23.5 Å². The third-order valence-corrected chi connectivity index (χ3v) is 4.79. The fourth-order valence-electron chi connectivity index (χ4n) is 2.22. The number of amides is 1. The minimum Gasteiger partial charge on any atom is -0.325 e. The highest BCUT2D eigenvalue weighted by molar-refractivity contribution is 7.91. The fourth-order valence-corrected chi connectivity index (χ4v) is 3.11. The molecule has 116 valence electrons. The van der Waals surface area contributed by atoms with Gasteiger partial charge in [-0.25, -0.2) is 8.42 Å². The van der Waals surface area contributed by atoms with Crippen LogP contribution in [0.1, 0.15) is 12.8 Å². The summed E-state index contributed by atoms with van der Waals surface area (Å²) in [5.74, 6) is -4.17. The highest BCUT2D eigenvalue weighted by atomic mass is 32.2. The van der Waals surface area contributed by atoms with Crippen LogP contribution in [0.3, 0.4) is 0 Å². The molecule has 1 fully saturated rings. The number of anilines is 1. The Balaban J connectivity index is 2.23. The Morgan fingerprint density at radius 3 is 2.67 bits per heavy atom. The van der Waals surface area contributed by atoms with Gasteiger partial charge in [-0.3, -0.25) is 4.79 Å². The summed E-state index contributed by atoms with van der Waals surface area (Å²) >= 11 is 0. The number of hydrogen-bond acceptors (Lipinski definition) is 4. The van der Waals surface area contributed by atoms with E-state index in [1.54, 1.807) is 0 Å². The lowest BCUT2D eigenvalue weighted by molar-refractivity contribution is -0.120. The second-order valence-electron chi connectivity index (χ2n) is 4.83. The number of nitrogens with one attached hydrogen (secondary N) is 2. The summed E-state index contributed by atoms with van der Waals surface area (Å²) in [6.07, 6.45) is 1.53. The normalized spacial score (nSPS) is 19.5. The standard InChI is InChI=1S/C13H16F2N2O3S/c14-13(15)21(19,20)11-6-2-1-5-10(11)17-12(18)9-4-3-7-16-8-9/h1-2,5-6,9,13,16H,3-4,7-8H2,(H,17,18)/t9-/m1/s1. The van der Waals surface area contributed by atoms with E-state index in [1.165, 1.54) is 18.2 Å². The number of hydrogen-bond donors (Lipinski definition) is 2. The Kier molecular flexibility index (Phi) is 4.89. The van der Waals surface area contributed by atoms with Gasteiger partial charge >= 0.3 is 5.76 Å². The molecule has 2 N–H and O–H groups in total. The maximum Gasteiger partial charge on any atom is 0.341 e. The first-order chi connectivity index (χ1) is 9.93. The number of piperidine rings is 1. The fraction of sp³-hybridized carbons (Fsp3) is 0.462. The predicted octanol–water partition coefficient (Wildman–Crippen LogP) is 1.62. The molecule has 5 nitrogen and oxygen atoms in total. The number of para-hydroxylation sites is 1. The van der Waals surface area contributed by atoms with Gasteiger partial charge in [0.25, 0.3) is 0 Å². The number of carbonyl (C=O) groups is 1. The molecule has 0 radical (unpaired) electrons. The van der Waals surface area contributed by atoms with Crippen LogP contribution in [0.4, 0.5) is 14.5 Å². The second-order valence-corrected chi connectivity index (χ2v) is 6.72. The molecular formula is C13H16F2N2O3S. The highest BCUT2D eigenvalue weighted by Gasteiger charge is 2.30. The van der Waals surface area contributed by atoms with Gasteiger partial charge in [-0.05, 0) is 31.5 Å². The van der Waals surface area contributed by atoms with Gasteiger partial charge in [0.15, 0.2) is 0 Å². The summed E-state index contributed by atoms with van der Waals surface area (Å²) in [5.41, 5.74) is -0.103. The highest BCUT2D eigenvalue weighted by Crippen LogP contribution is 2.26. The van der Waals surface area contributed by atoms with Crippen LogP contribution in [0.2, 0.25) is 0 Å². The third kappa shape index (κ3) is 3.56. The molecule has 1 amide bonds. The first-order valence-corrected chi connectivity index (χ1v) is 8.10. The van der Waals surface area contributed by atoms with Crippen LogP contribution in [0.15, 0.2) is 29.2 Å². The van der Waals surface area contributed by atoms with E-state index in [4.69, 9.17) is 0 Å². The van der Waals surface area contributed by atoms with Gasteiger partial charge in [0, 0.05) is 6.54 Å². The van der Waals surface area contributed by atoms with Gasteiger partial charge in [0.1, 0.15) is 0 Å². The van der Waals surface area contributed by atoms with Crippen molar-refractivity contribution in [3.05, 3.63) is 24.3 Å². The van der Waals surface area contributed by atoms with Crippen molar-refractivity contribution in [2.75, 3.05) is 18.4 Å². The van der Waals surface area contributed by atoms with Crippen LogP contribution in [0.5, 0.6) is 0 Å². The quantitative estimate of drug-likeness (QED) is 0.884. The van der Waals surface area contributed by atoms with Gasteiger partial charge < -0.3 is 10.6 Å². The van der Waals surface area contributed by atoms with E-state index in [1.807, 2.05) is 0 Å². The van der Waals surface area contributed by atoms with Gasteiger partial charge in [0.05, 0.1) is 16.5 Å². The summed E-state index contributed by atoms with van der Waals surface area (Å²) in [6.45, 7) is 1.33. The van der Waals surface area contributed by atoms with Gasteiger partial charge in [0.2, 0.25) is 15.7 Å². The van der Waals surface area contributed by atoms with E-state index in [0.29, 0.717) is 13.0 Å². The Bertz CT molecular complexity index is 614. The SMILES string of the molecule is O=C(Nc1ccccc1S(=O)(=O)C(F)F)[C@@H]1CCCNC1. The molecule has 0 aliphatic carbocycles. The number of sulfone groups is 1. The maximum atomic E-state index is 12.7. The molecule has 0 saturated carbocycles. The minimum atomic E-state index is -4.75. The zero-order valence-electron chi connectivity index (χ0n) is 11.2. The van der Waals surface area contributed by atoms with Crippen LogP contribution in [0, 0.1) is 5.92 Å². The smallest absolute Gasteiger partial charge is 0.325 e. The number of benzene rings is 1. The zero-order valence-corrected chi connectivity index (χ0v) is 12.0. The van der Waals surface area contributed by atoms with Crippen LogP contribution in [-0.2, 0) is 14.6 Å². The summed E-state index contributed by atoms with van der Waals surface area (Å²) in [6, 6.07) is 5.20. The lowest BCUT2D eigenvalue weighted by Crippen LogP contribution is -2.37. The average molecular weight is 318 g/mol. The molecule has 0 aromatic heterocycles. The van der Waals surface area contributed by atoms with Crippen molar-refractivity contribution in [3.8, 4) is 0 Å². The largest absolute Gasteiger partial charge is 0.341 e. The Morgan fingerprint density at radius 2 is 2.05 bits per heavy atom. The zero-order chi connectivity index (χ0) is 15.5. The average Bonchev–Trinajstić information content (AvgIpc) is 2.48.